The molecule has 1 fully saturated rings. The fourth-order valence-electron chi connectivity index (χ4n) is 3.16. The van der Waals surface area contributed by atoms with Crippen LogP contribution in [0.4, 0.5) is 0 Å². The first kappa shape index (κ1) is 14.4. The Morgan fingerprint density at radius 3 is 3.13 bits per heavy atom. The molecule has 3 aromatic heterocycles. The van der Waals surface area contributed by atoms with Gasteiger partial charge in [0, 0.05) is 37.1 Å². The number of piperidine rings is 1. The van der Waals surface area contributed by atoms with Crippen molar-refractivity contribution in [1.82, 2.24) is 24.1 Å². The number of nitrogens with zero attached hydrogens (tertiary/aromatic N) is 5. The van der Waals surface area contributed by atoms with Gasteiger partial charge in [-0.15, -0.1) is 11.3 Å². The summed E-state index contributed by atoms with van der Waals surface area (Å²) < 4.78 is 3.97. The number of thiazole rings is 1. The standard InChI is InChI=1S/C16H19N5OS/c1-12-8-17-21(9-12)14-3-2-4-19(11-14)15(22)7-13-10-20-5-6-23-16(20)18-13/h5-6,8-10,14H,2-4,7,11H2,1H3. The lowest BCUT2D eigenvalue weighted by molar-refractivity contribution is -0.132. The average Bonchev–Trinajstić information content (AvgIpc) is 3.23. The van der Waals surface area contributed by atoms with Crippen molar-refractivity contribution in [3.05, 3.63) is 41.4 Å². The summed E-state index contributed by atoms with van der Waals surface area (Å²) in [6, 6.07) is 0.284. The largest absolute Gasteiger partial charge is 0.340 e. The van der Waals surface area contributed by atoms with E-state index in [9.17, 15) is 4.79 Å². The maximum absolute atomic E-state index is 12.6. The predicted octanol–water partition coefficient (Wildman–Crippen LogP) is 2.31. The first-order valence-corrected chi connectivity index (χ1v) is 8.76. The number of carbonyl (C=O) groups is 1. The zero-order chi connectivity index (χ0) is 15.8. The highest BCUT2D eigenvalue weighted by Gasteiger charge is 2.25. The van der Waals surface area contributed by atoms with Gasteiger partial charge in [0.25, 0.3) is 0 Å². The Morgan fingerprint density at radius 2 is 2.35 bits per heavy atom. The summed E-state index contributed by atoms with van der Waals surface area (Å²) in [4.78, 5) is 20.0. The highest BCUT2D eigenvalue weighted by atomic mass is 32.1. The van der Waals surface area contributed by atoms with E-state index in [1.54, 1.807) is 11.3 Å². The molecule has 1 atom stereocenters. The summed E-state index contributed by atoms with van der Waals surface area (Å²) in [5.41, 5.74) is 2.01. The zero-order valence-electron chi connectivity index (χ0n) is 13.1. The van der Waals surface area contributed by atoms with Crippen molar-refractivity contribution in [2.45, 2.75) is 32.2 Å². The molecule has 1 aliphatic heterocycles. The van der Waals surface area contributed by atoms with Gasteiger partial charge in [-0.05, 0) is 25.3 Å². The lowest BCUT2D eigenvalue weighted by Crippen LogP contribution is -2.41. The van der Waals surface area contributed by atoms with Crippen LogP contribution >= 0.6 is 11.3 Å². The molecule has 4 heterocycles. The molecule has 6 nitrogen and oxygen atoms in total. The van der Waals surface area contributed by atoms with Gasteiger partial charge >= 0.3 is 0 Å². The molecular weight excluding hydrogens is 310 g/mol. The number of hydrogen-bond donors (Lipinski definition) is 0. The first-order chi connectivity index (χ1) is 11.2. The fourth-order valence-corrected chi connectivity index (χ4v) is 3.88. The number of aromatic nitrogens is 4. The van der Waals surface area contributed by atoms with Crippen molar-refractivity contribution in [2.24, 2.45) is 0 Å². The summed E-state index contributed by atoms with van der Waals surface area (Å²) in [6.07, 6.45) is 10.3. The Kier molecular flexibility index (Phi) is 3.65. The highest BCUT2D eigenvalue weighted by molar-refractivity contribution is 7.15. The minimum atomic E-state index is 0.157. The molecule has 1 aliphatic rings. The zero-order valence-corrected chi connectivity index (χ0v) is 13.9. The van der Waals surface area contributed by atoms with Gasteiger partial charge in [-0.1, -0.05) is 0 Å². The van der Waals surface area contributed by atoms with Gasteiger partial charge in [-0.2, -0.15) is 5.10 Å². The number of hydrogen-bond acceptors (Lipinski definition) is 4. The monoisotopic (exact) mass is 329 g/mol. The molecule has 0 aliphatic carbocycles. The Bertz CT molecular complexity index is 804. The summed E-state index contributed by atoms with van der Waals surface area (Å²) in [6.45, 7) is 3.61. The second-order valence-corrected chi connectivity index (χ2v) is 7.01. The minimum absolute atomic E-state index is 0.157. The van der Waals surface area contributed by atoms with Gasteiger partial charge in [-0.3, -0.25) is 13.9 Å². The van der Waals surface area contributed by atoms with Gasteiger partial charge in [0.15, 0.2) is 4.96 Å². The van der Waals surface area contributed by atoms with Gasteiger partial charge in [0.2, 0.25) is 5.91 Å². The van der Waals surface area contributed by atoms with Gasteiger partial charge in [0.1, 0.15) is 0 Å². The maximum Gasteiger partial charge on any atom is 0.228 e. The first-order valence-electron chi connectivity index (χ1n) is 7.88. The molecule has 0 N–H and O–H groups in total. The van der Waals surface area contributed by atoms with E-state index in [1.807, 2.05) is 44.9 Å². The van der Waals surface area contributed by atoms with E-state index in [1.165, 1.54) is 0 Å². The van der Waals surface area contributed by atoms with Crippen LogP contribution in [0, 0.1) is 6.92 Å². The Balaban J connectivity index is 1.44. The third-order valence-corrected chi connectivity index (χ3v) is 5.10. The third-order valence-electron chi connectivity index (χ3n) is 4.33. The lowest BCUT2D eigenvalue weighted by Gasteiger charge is -2.32. The number of likely N-dealkylation sites (tertiary alicyclic amines) is 1. The number of rotatable bonds is 3. The SMILES string of the molecule is Cc1cnn(C2CCCN(C(=O)Cc3cn4ccsc4n3)C2)c1. The molecule has 0 radical (unpaired) electrons. The van der Waals surface area contributed by atoms with E-state index < -0.39 is 0 Å². The molecule has 1 saturated heterocycles. The Morgan fingerprint density at radius 1 is 1.43 bits per heavy atom. The van der Waals surface area contributed by atoms with Gasteiger partial charge in [-0.25, -0.2) is 4.98 Å². The van der Waals surface area contributed by atoms with E-state index in [0.717, 1.165) is 42.1 Å². The molecule has 1 amide bonds. The highest BCUT2D eigenvalue weighted by Crippen LogP contribution is 2.22. The molecule has 23 heavy (non-hydrogen) atoms. The molecule has 4 rings (SSSR count). The van der Waals surface area contributed by atoms with E-state index in [0.29, 0.717) is 6.42 Å². The number of amides is 1. The molecule has 0 aromatic carbocycles. The van der Waals surface area contributed by atoms with Crippen LogP contribution in [0.3, 0.4) is 0 Å². The van der Waals surface area contributed by atoms with Crippen LogP contribution in [0.2, 0.25) is 0 Å². The smallest absolute Gasteiger partial charge is 0.228 e. The average molecular weight is 329 g/mol. The van der Waals surface area contributed by atoms with Crippen LogP contribution in [-0.4, -0.2) is 43.1 Å². The van der Waals surface area contributed by atoms with Crippen LogP contribution in [0.1, 0.15) is 30.1 Å². The molecule has 3 aromatic rings. The topological polar surface area (TPSA) is 55.4 Å². The molecule has 0 saturated carbocycles. The van der Waals surface area contributed by atoms with Crippen molar-refractivity contribution in [2.75, 3.05) is 13.1 Å². The van der Waals surface area contributed by atoms with Crippen LogP contribution in [-0.2, 0) is 11.2 Å². The van der Waals surface area contributed by atoms with E-state index >= 15 is 0 Å². The number of imidazole rings is 1. The second-order valence-electron chi connectivity index (χ2n) is 6.14. The van der Waals surface area contributed by atoms with Gasteiger partial charge in [0.05, 0.1) is 24.4 Å². The Hall–Kier alpha value is -2.15. The fraction of sp³-hybridized carbons (Fsp3) is 0.438. The van der Waals surface area contributed by atoms with E-state index in [4.69, 9.17) is 0 Å². The maximum atomic E-state index is 12.6. The predicted molar refractivity (Wildman–Crippen MR) is 88.6 cm³/mol. The van der Waals surface area contributed by atoms with Crippen molar-refractivity contribution in [3.8, 4) is 0 Å². The van der Waals surface area contributed by atoms with Crippen LogP contribution in [0.5, 0.6) is 0 Å². The minimum Gasteiger partial charge on any atom is -0.340 e. The van der Waals surface area contributed by atoms with Crippen LogP contribution in [0.25, 0.3) is 4.96 Å². The molecule has 1 unspecified atom stereocenters. The summed E-state index contributed by atoms with van der Waals surface area (Å²) in [7, 11) is 0. The van der Waals surface area contributed by atoms with E-state index in [-0.39, 0.29) is 11.9 Å². The third kappa shape index (κ3) is 2.88. The number of carbonyl (C=O) groups excluding carboxylic acids is 1. The second kappa shape index (κ2) is 5.81. The lowest BCUT2D eigenvalue weighted by atomic mass is 10.1. The quantitative estimate of drug-likeness (QED) is 0.741. The number of aryl methyl sites for hydroxylation is 1. The molecular formula is C16H19N5OS. The summed E-state index contributed by atoms with van der Waals surface area (Å²) >= 11 is 1.59. The molecule has 7 heteroatoms. The normalized spacial score (nSPS) is 18.7. The van der Waals surface area contributed by atoms with Crippen molar-refractivity contribution in [1.29, 1.82) is 0 Å². The van der Waals surface area contributed by atoms with Crippen molar-refractivity contribution >= 4 is 22.2 Å². The van der Waals surface area contributed by atoms with Crippen LogP contribution < -0.4 is 0 Å². The van der Waals surface area contributed by atoms with Crippen molar-refractivity contribution in [3.63, 3.8) is 0 Å². The van der Waals surface area contributed by atoms with E-state index in [2.05, 4.69) is 16.3 Å². The Labute approximate surface area is 138 Å². The molecule has 120 valence electrons. The molecule has 0 spiro atoms. The van der Waals surface area contributed by atoms with Crippen LogP contribution in [0.15, 0.2) is 30.2 Å². The summed E-state index contributed by atoms with van der Waals surface area (Å²) in [5, 5.41) is 6.40. The van der Waals surface area contributed by atoms with Gasteiger partial charge < -0.3 is 4.90 Å². The van der Waals surface area contributed by atoms with Crippen molar-refractivity contribution < 1.29 is 4.79 Å². The molecule has 0 bridgehead atoms. The number of fused-ring (bicyclic) bond motifs is 1. The summed E-state index contributed by atoms with van der Waals surface area (Å²) in [5.74, 6) is 0.157.